The van der Waals surface area contributed by atoms with E-state index < -0.39 is 34.1 Å². The van der Waals surface area contributed by atoms with Gasteiger partial charge < -0.3 is 14.8 Å². The van der Waals surface area contributed by atoms with Crippen molar-refractivity contribution in [3.05, 3.63) is 54.4 Å². The van der Waals surface area contributed by atoms with Gasteiger partial charge >= 0.3 is 6.09 Å². The van der Waals surface area contributed by atoms with Crippen LogP contribution >= 0.6 is 0 Å². The topological polar surface area (TPSA) is 147 Å². The van der Waals surface area contributed by atoms with Gasteiger partial charge in [-0.1, -0.05) is 0 Å². The SMILES string of the molecule is COC(=O)N[C@H]1CCCN(S(=O)(=O)c2ccc(OCCc3ccncc3)cc2)[C@H]1C(=O)NO. The first-order chi connectivity index (χ1) is 15.9. The van der Waals surface area contributed by atoms with Gasteiger partial charge in [-0.05, 0) is 54.8 Å². The lowest BCUT2D eigenvalue weighted by molar-refractivity contribution is -0.134. The Morgan fingerprint density at radius 2 is 1.88 bits per heavy atom. The third kappa shape index (κ3) is 5.97. The average molecular weight is 479 g/mol. The van der Waals surface area contributed by atoms with Crippen molar-refractivity contribution in [3.63, 3.8) is 0 Å². The van der Waals surface area contributed by atoms with Crippen LogP contribution in [0.4, 0.5) is 4.79 Å². The molecule has 178 valence electrons. The number of carbonyl (C=O) groups is 2. The number of ether oxygens (including phenoxy) is 2. The number of alkyl carbamates (subject to hydrolysis) is 1. The predicted octanol–water partition coefficient (Wildman–Crippen LogP) is 1.09. The molecule has 0 bridgehead atoms. The fraction of sp³-hybridized carbons (Fsp3) is 0.381. The number of hydrogen-bond acceptors (Lipinski definition) is 8. The molecule has 2 atom stereocenters. The van der Waals surface area contributed by atoms with E-state index in [1.807, 2.05) is 12.1 Å². The molecule has 2 amide bonds. The van der Waals surface area contributed by atoms with Crippen LogP contribution in [-0.4, -0.2) is 67.3 Å². The van der Waals surface area contributed by atoms with Crippen molar-refractivity contribution in [2.45, 2.75) is 36.2 Å². The molecule has 11 nitrogen and oxygen atoms in total. The summed E-state index contributed by atoms with van der Waals surface area (Å²) in [5.74, 6) is -0.452. The van der Waals surface area contributed by atoms with Crippen LogP contribution in [0.1, 0.15) is 18.4 Å². The standard InChI is InChI=1S/C21H26N4O7S/c1-31-21(27)23-18-3-2-13-25(19(18)20(26)24-28)33(29,30)17-6-4-16(5-7-17)32-14-10-15-8-11-22-12-9-15/h4-9,11-12,18-19,28H,2-3,10,13-14H2,1H3,(H,23,27)(H,24,26)/t18-,19+/m0/s1. The van der Waals surface area contributed by atoms with Crippen molar-refractivity contribution in [1.82, 2.24) is 20.1 Å². The van der Waals surface area contributed by atoms with Crippen LogP contribution in [0.25, 0.3) is 0 Å². The van der Waals surface area contributed by atoms with Crippen molar-refractivity contribution >= 4 is 22.0 Å². The Hall–Kier alpha value is -3.22. The van der Waals surface area contributed by atoms with E-state index in [1.54, 1.807) is 12.4 Å². The van der Waals surface area contributed by atoms with Gasteiger partial charge in [0.1, 0.15) is 11.8 Å². The number of benzene rings is 1. The van der Waals surface area contributed by atoms with E-state index in [2.05, 4.69) is 15.0 Å². The molecule has 33 heavy (non-hydrogen) atoms. The van der Waals surface area contributed by atoms with Crippen molar-refractivity contribution in [2.24, 2.45) is 0 Å². The third-order valence-electron chi connectivity index (χ3n) is 5.29. The molecule has 1 aromatic heterocycles. The van der Waals surface area contributed by atoms with Crippen molar-refractivity contribution in [3.8, 4) is 5.75 Å². The lowest BCUT2D eigenvalue weighted by Gasteiger charge is -2.38. The second kappa shape index (κ2) is 11.1. The van der Waals surface area contributed by atoms with Crippen LogP contribution in [0, 0.1) is 0 Å². The molecule has 1 aromatic carbocycles. The highest BCUT2D eigenvalue weighted by Gasteiger charge is 2.44. The molecule has 0 aliphatic carbocycles. The lowest BCUT2D eigenvalue weighted by atomic mass is 9.98. The van der Waals surface area contributed by atoms with E-state index in [9.17, 15) is 18.0 Å². The maximum absolute atomic E-state index is 13.3. The first-order valence-electron chi connectivity index (χ1n) is 10.3. The number of rotatable bonds is 8. The van der Waals surface area contributed by atoms with Crippen LogP contribution < -0.4 is 15.5 Å². The summed E-state index contributed by atoms with van der Waals surface area (Å²) in [7, 11) is -2.95. The molecule has 2 heterocycles. The monoisotopic (exact) mass is 478 g/mol. The summed E-state index contributed by atoms with van der Waals surface area (Å²) < 4.78 is 37.8. The number of carbonyl (C=O) groups excluding carboxylic acids is 2. The fourth-order valence-electron chi connectivity index (χ4n) is 3.65. The Morgan fingerprint density at radius 3 is 2.52 bits per heavy atom. The first kappa shape index (κ1) is 24.4. The summed E-state index contributed by atoms with van der Waals surface area (Å²) in [5.41, 5.74) is 2.56. The van der Waals surface area contributed by atoms with Gasteiger partial charge in [-0.15, -0.1) is 0 Å². The average Bonchev–Trinajstić information content (AvgIpc) is 2.84. The molecule has 0 saturated carbocycles. The van der Waals surface area contributed by atoms with Crippen LogP contribution in [0.15, 0.2) is 53.7 Å². The Kier molecular flexibility index (Phi) is 8.20. The maximum Gasteiger partial charge on any atom is 0.407 e. The largest absolute Gasteiger partial charge is 0.493 e. The van der Waals surface area contributed by atoms with Crippen molar-refractivity contribution < 1.29 is 32.7 Å². The molecule has 1 aliphatic rings. The van der Waals surface area contributed by atoms with Crippen LogP contribution in [0.5, 0.6) is 5.75 Å². The highest BCUT2D eigenvalue weighted by Crippen LogP contribution is 2.27. The summed E-state index contributed by atoms with van der Waals surface area (Å²) in [4.78, 5) is 27.9. The molecule has 12 heteroatoms. The van der Waals surface area contributed by atoms with Gasteiger partial charge in [-0.3, -0.25) is 15.0 Å². The quantitative estimate of drug-likeness (QED) is 0.377. The van der Waals surface area contributed by atoms with Gasteiger partial charge in [0.25, 0.3) is 5.91 Å². The van der Waals surface area contributed by atoms with E-state index in [1.165, 1.54) is 29.7 Å². The number of hydrogen-bond donors (Lipinski definition) is 3. The summed E-state index contributed by atoms with van der Waals surface area (Å²) in [5, 5.41) is 11.6. The van der Waals surface area contributed by atoms with Crippen LogP contribution in [0.2, 0.25) is 0 Å². The summed E-state index contributed by atoms with van der Waals surface area (Å²) in [6, 6.07) is 7.42. The number of methoxy groups -OCH3 is 1. The van der Waals surface area contributed by atoms with Gasteiger partial charge in [0.05, 0.1) is 24.7 Å². The molecular weight excluding hydrogens is 452 g/mol. The van der Waals surface area contributed by atoms with E-state index in [0.717, 1.165) is 17.0 Å². The van der Waals surface area contributed by atoms with E-state index >= 15 is 0 Å². The highest BCUT2D eigenvalue weighted by atomic mass is 32.2. The smallest absolute Gasteiger partial charge is 0.407 e. The van der Waals surface area contributed by atoms with Gasteiger partial charge in [-0.25, -0.2) is 18.7 Å². The van der Waals surface area contributed by atoms with E-state index in [4.69, 9.17) is 9.94 Å². The Morgan fingerprint density at radius 1 is 1.18 bits per heavy atom. The lowest BCUT2D eigenvalue weighted by Crippen LogP contribution is -2.62. The molecule has 3 rings (SSSR count). The third-order valence-corrected chi connectivity index (χ3v) is 7.19. The zero-order valence-corrected chi connectivity index (χ0v) is 18.8. The van der Waals surface area contributed by atoms with Gasteiger partial charge in [0, 0.05) is 25.4 Å². The summed E-state index contributed by atoms with van der Waals surface area (Å²) in [6.45, 7) is 0.450. The second-order valence-corrected chi connectivity index (χ2v) is 9.24. The number of sulfonamides is 1. The fourth-order valence-corrected chi connectivity index (χ4v) is 5.32. The maximum atomic E-state index is 13.3. The number of nitrogens with zero attached hydrogens (tertiary/aromatic N) is 2. The number of piperidine rings is 1. The zero-order valence-electron chi connectivity index (χ0n) is 18.0. The molecular formula is C21H26N4O7S. The predicted molar refractivity (Wildman–Crippen MR) is 116 cm³/mol. The minimum Gasteiger partial charge on any atom is -0.493 e. The van der Waals surface area contributed by atoms with E-state index in [0.29, 0.717) is 31.6 Å². The summed E-state index contributed by atoms with van der Waals surface area (Å²) in [6.07, 6.45) is 4.00. The van der Waals surface area contributed by atoms with Crippen LogP contribution in [-0.2, 0) is 26.0 Å². The molecule has 1 fully saturated rings. The number of pyridine rings is 1. The molecule has 1 aliphatic heterocycles. The molecule has 0 unspecified atom stereocenters. The highest BCUT2D eigenvalue weighted by molar-refractivity contribution is 7.89. The Labute approximate surface area is 191 Å². The Bertz CT molecular complexity index is 1050. The number of aromatic nitrogens is 1. The molecule has 0 spiro atoms. The van der Waals surface area contributed by atoms with Crippen LogP contribution in [0.3, 0.4) is 0 Å². The van der Waals surface area contributed by atoms with Gasteiger partial charge in [0.2, 0.25) is 10.0 Å². The van der Waals surface area contributed by atoms with Gasteiger partial charge in [-0.2, -0.15) is 4.31 Å². The minimum atomic E-state index is -4.12. The van der Waals surface area contributed by atoms with Gasteiger partial charge in [0.15, 0.2) is 0 Å². The minimum absolute atomic E-state index is 0.0431. The Balaban J connectivity index is 1.73. The zero-order chi connectivity index (χ0) is 23.8. The second-order valence-electron chi connectivity index (χ2n) is 7.35. The number of amides is 2. The molecule has 2 aromatic rings. The van der Waals surface area contributed by atoms with Crippen molar-refractivity contribution in [1.29, 1.82) is 0 Å². The summed E-state index contributed by atoms with van der Waals surface area (Å²) >= 11 is 0. The number of nitrogens with one attached hydrogen (secondary N) is 2. The molecule has 0 radical (unpaired) electrons. The van der Waals surface area contributed by atoms with Crippen molar-refractivity contribution in [2.75, 3.05) is 20.3 Å². The molecule has 1 saturated heterocycles. The normalized spacial score (nSPS) is 18.8. The number of hydroxylamine groups is 1. The first-order valence-corrected chi connectivity index (χ1v) is 11.7. The molecule has 3 N–H and O–H groups in total. The van der Waals surface area contributed by atoms with E-state index in [-0.39, 0.29) is 11.4 Å².